The molecule has 1 aromatic rings. The molecule has 3 rings (SSSR count). The molecule has 1 aliphatic carbocycles. The summed E-state index contributed by atoms with van der Waals surface area (Å²) in [5.74, 6) is -1.19. The predicted octanol–water partition coefficient (Wildman–Crippen LogP) is 0.917. The second kappa shape index (κ2) is 4.83. The number of thiazole rings is 1. The third-order valence-corrected chi connectivity index (χ3v) is 4.32. The van der Waals surface area contributed by atoms with Crippen LogP contribution in [0.5, 0.6) is 0 Å². The molecule has 2 aliphatic rings. The van der Waals surface area contributed by atoms with Crippen LogP contribution in [0.4, 0.5) is 5.13 Å². The van der Waals surface area contributed by atoms with Crippen molar-refractivity contribution in [2.24, 2.45) is 0 Å². The molecule has 2 heterocycles. The van der Waals surface area contributed by atoms with Crippen LogP contribution in [-0.4, -0.2) is 47.4 Å². The van der Waals surface area contributed by atoms with Crippen LogP contribution in [-0.2, 0) is 16.0 Å². The Morgan fingerprint density at radius 3 is 3.00 bits per heavy atom. The van der Waals surface area contributed by atoms with Gasteiger partial charge in [0.1, 0.15) is 5.92 Å². The number of carbonyl (C=O) groups is 1. The number of rotatable bonds is 3. The van der Waals surface area contributed by atoms with Gasteiger partial charge in [0.05, 0.1) is 18.9 Å². The molecule has 0 amide bonds. The van der Waals surface area contributed by atoms with Crippen molar-refractivity contribution in [3.05, 3.63) is 10.6 Å². The molecule has 6 nitrogen and oxygen atoms in total. The van der Waals surface area contributed by atoms with Gasteiger partial charge in [-0.3, -0.25) is 10.2 Å². The van der Waals surface area contributed by atoms with Crippen LogP contribution in [0.1, 0.15) is 22.9 Å². The van der Waals surface area contributed by atoms with E-state index in [1.807, 2.05) is 0 Å². The van der Waals surface area contributed by atoms with Crippen molar-refractivity contribution in [1.29, 1.82) is 0 Å². The normalized spacial score (nSPS) is 23.9. The number of morpholine rings is 1. The second-order valence-electron chi connectivity index (χ2n) is 4.47. The number of hydrogen-bond acceptors (Lipinski definition) is 6. The molecule has 1 fully saturated rings. The Bertz CT molecular complexity index is 456. The second-order valence-corrected chi connectivity index (χ2v) is 5.55. The number of aliphatic carboxylic acids is 1. The lowest BCUT2D eigenvalue weighted by Crippen LogP contribution is -2.40. The van der Waals surface area contributed by atoms with E-state index >= 15 is 0 Å². The van der Waals surface area contributed by atoms with Crippen LogP contribution < -0.4 is 5.43 Å². The first-order chi connectivity index (χ1) is 8.74. The average molecular weight is 269 g/mol. The molecule has 0 bridgehead atoms. The highest BCUT2D eigenvalue weighted by atomic mass is 32.1. The monoisotopic (exact) mass is 269 g/mol. The maximum absolute atomic E-state index is 11.1. The minimum atomic E-state index is -0.767. The first-order valence-electron chi connectivity index (χ1n) is 6.06. The van der Waals surface area contributed by atoms with Crippen LogP contribution in [0.2, 0.25) is 0 Å². The van der Waals surface area contributed by atoms with Crippen LogP contribution in [0.15, 0.2) is 0 Å². The first kappa shape index (κ1) is 11.9. The molecule has 98 valence electrons. The number of nitrogens with one attached hydrogen (secondary N) is 1. The van der Waals surface area contributed by atoms with Crippen LogP contribution in [0.25, 0.3) is 0 Å². The molecular weight excluding hydrogens is 254 g/mol. The summed E-state index contributed by atoms with van der Waals surface area (Å²) in [4.78, 5) is 16.6. The zero-order chi connectivity index (χ0) is 12.5. The fourth-order valence-corrected chi connectivity index (χ4v) is 3.39. The number of carboxylic acid groups (broad SMARTS) is 1. The van der Waals surface area contributed by atoms with E-state index in [-0.39, 0.29) is 0 Å². The van der Waals surface area contributed by atoms with E-state index in [9.17, 15) is 4.79 Å². The highest BCUT2D eigenvalue weighted by Gasteiger charge is 2.32. The third-order valence-electron chi connectivity index (χ3n) is 3.28. The van der Waals surface area contributed by atoms with Crippen LogP contribution in [0, 0.1) is 0 Å². The maximum Gasteiger partial charge on any atom is 0.312 e. The Morgan fingerprint density at radius 1 is 1.50 bits per heavy atom. The lowest BCUT2D eigenvalue weighted by molar-refractivity contribution is -0.138. The topological polar surface area (TPSA) is 74.7 Å². The molecule has 0 aromatic carbocycles. The van der Waals surface area contributed by atoms with E-state index in [0.29, 0.717) is 6.42 Å². The largest absolute Gasteiger partial charge is 0.481 e. The molecule has 1 unspecified atom stereocenters. The summed E-state index contributed by atoms with van der Waals surface area (Å²) >= 11 is 1.57. The quantitative estimate of drug-likeness (QED) is 0.850. The van der Waals surface area contributed by atoms with E-state index in [0.717, 1.165) is 48.4 Å². The van der Waals surface area contributed by atoms with Crippen molar-refractivity contribution < 1.29 is 14.6 Å². The van der Waals surface area contributed by atoms with E-state index in [1.165, 1.54) is 0 Å². The maximum atomic E-state index is 11.1. The van der Waals surface area contributed by atoms with E-state index in [1.54, 1.807) is 11.3 Å². The summed E-state index contributed by atoms with van der Waals surface area (Å²) < 4.78 is 5.27. The number of nitrogens with zero attached hydrogens (tertiary/aromatic N) is 2. The van der Waals surface area contributed by atoms with E-state index in [4.69, 9.17) is 9.84 Å². The van der Waals surface area contributed by atoms with Gasteiger partial charge < -0.3 is 9.84 Å². The van der Waals surface area contributed by atoms with Gasteiger partial charge in [0.25, 0.3) is 0 Å². The van der Waals surface area contributed by atoms with Crippen molar-refractivity contribution in [2.45, 2.75) is 18.8 Å². The van der Waals surface area contributed by atoms with Gasteiger partial charge in [-0.25, -0.2) is 9.99 Å². The molecule has 0 spiro atoms. The molecular formula is C11H15N3O3S. The summed E-state index contributed by atoms with van der Waals surface area (Å²) in [6.45, 7) is 3.09. The van der Waals surface area contributed by atoms with Gasteiger partial charge in [0, 0.05) is 18.0 Å². The predicted molar refractivity (Wildman–Crippen MR) is 66.8 cm³/mol. The van der Waals surface area contributed by atoms with Crippen molar-refractivity contribution >= 4 is 22.4 Å². The molecule has 2 N–H and O–H groups in total. The van der Waals surface area contributed by atoms with Gasteiger partial charge in [-0.1, -0.05) is 0 Å². The van der Waals surface area contributed by atoms with Crippen molar-refractivity contribution in [1.82, 2.24) is 9.99 Å². The first-order valence-corrected chi connectivity index (χ1v) is 6.87. The summed E-state index contributed by atoms with van der Waals surface area (Å²) in [7, 11) is 0. The van der Waals surface area contributed by atoms with Gasteiger partial charge in [-0.05, 0) is 12.8 Å². The standard InChI is InChI=1S/C11H15N3O3S/c15-10(16)7-1-2-8-9(7)12-11(18-8)13-14-3-5-17-6-4-14/h7H,1-6H2,(H,12,13)(H,15,16). The number of anilines is 1. The fraction of sp³-hybridized carbons (Fsp3) is 0.636. The molecule has 1 aliphatic heterocycles. The van der Waals surface area contributed by atoms with Gasteiger partial charge >= 0.3 is 5.97 Å². The number of hydrazine groups is 1. The summed E-state index contributed by atoms with van der Waals surface area (Å²) in [6.07, 6.45) is 1.51. The summed E-state index contributed by atoms with van der Waals surface area (Å²) in [6, 6.07) is 0. The van der Waals surface area contributed by atoms with Gasteiger partial charge in [0.15, 0.2) is 5.13 Å². The Kier molecular flexibility index (Phi) is 3.19. The minimum Gasteiger partial charge on any atom is -0.481 e. The zero-order valence-electron chi connectivity index (χ0n) is 9.89. The molecule has 1 aromatic heterocycles. The Morgan fingerprint density at radius 2 is 2.28 bits per heavy atom. The highest BCUT2D eigenvalue weighted by molar-refractivity contribution is 7.15. The average Bonchev–Trinajstić information content (AvgIpc) is 2.89. The van der Waals surface area contributed by atoms with Gasteiger partial charge in [-0.2, -0.15) is 0 Å². The van der Waals surface area contributed by atoms with Crippen molar-refractivity contribution in [2.75, 3.05) is 31.7 Å². The SMILES string of the molecule is O=C(O)C1CCc2sc(NN3CCOCC3)nc21. The third kappa shape index (κ3) is 2.21. The smallest absolute Gasteiger partial charge is 0.312 e. The van der Waals surface area contributed by atoms with Crippen molar-refractivity contribution in [3.63, 3.8) is 0 Å². The van der Waals surface area contributed by atoms with Gasteiger partial charge in [0.2, 0.25) is 0 Å². The summed E-state index contributed by atoms with van der Waals surface area (Å²) in [5, 5.41) is 12.0. The molecule has 7 heteroatoms. The Labute approximate surface area is 109 Å². The Hall–Kier alpha value is -1.18. The molecule has 0 saturated carbocycles. The Balaban J connectivity index is 1.71. The number of carboxylic acids is 1. The molecule has 0 radical (unpaired) electrons. The lowest BCUT2D eigenvalue weighted by atomic mass is 10.1. The summed E-state index contributed by atoms with van der Waals surface area (Å²) in [5.41, 5.74) is 3.99. The highest BCUT2D eigenvalue weighted by Crippen LogP contribution is 2.38. The molecule has 1 atom stereocenters. The van der Waals surface area contributed by atoms with Gasteiger partial charge in [-0.15, -0.1) is 11.3 Å². The van der Waals surface area contributed by atoms with E-state index in [2.05, 4.69) is 15.4 Å². The lowest BCUT2D eigenvalue weighted by Gasteiger charge is -2.26. The van der Waals surface area contributed by atoms with E-state index < -0.39 is 11.9 Å². The number of ether oxygens (including phenoxy) is 1. The van der Waals surface area contributed by atoms with Crippen LogP contribution >= 0.6 is 11.3 Å². The van der Waals surface area contributed by atoms with Crippen molar-refractivity contribution in [3.8, 4) is 0 Å². The zero-order valence-corrected chi connectivity index (χ0v) is 10.7. The van der Waals surface area contributed by atoms with Crippen LogP contribution in [0.3, 0.4) is 0 Å². The number of fused-ring (bicyclic) bond motifs is 1. The number of aromatic nitrogens is 1. The molecule has 18 heavy (non-hydrogen) atoms. The number of hydrogen-bond donors (Lipinski definition) is 2. The molecule has 1 saturated heterocycles. The number of aryl methyl sites for hydroxylation is 1. The fourth-order valence-electron chi connectivity index (χ4n) is 2.33. The minimum absolute atomic E-state index is 0.420.